The van der Waals surface area contributed by atoms with Gasteiger partial charge in [-0.15, -0.1) is 0 Å². The summed E-state index contributed by atoms with van der Waals surface area (Å²) in [7, 11) is 0. The van der Waals surface area contributed by atoms with Crippen LogP contribution in [0.1, 0.15) is 30.9 Å². The molecule has 0 radical (unpaired) electrons. The maximum absolute atomic E-state index is 10.4. The van der Waals surface area contributed by atoms with Gasteiger partial charge in [-0.3, -0.25) is 10.1 Å². The number of hydrogen-bond acceptors (Lipinski definition) is 3. The summed E-state index contributed by atoms with van der Waals surface area (Å²) in [6.07, 6.45) is 0. The molecule has 0 spiro atoms. The lowest BCUT2D eigenvalue weighted by atomic mass is 9.97. The van der Waals surface area contributed by atoms with E-state index in [1.54, 1.807) is 6.07 Å². The third-order valence-corrected chi connectivity index (χ3v) is 1.99. The Kier molecular flexibility index (Phi) is 2.82. The predicted octanol–water partition coefficient (Wildman–Crippen LogP) is 2.59. The number of nitriles is 1. The molecular formula is C10H10N2O2. The van der Waals surface area contributed by atoms with Crippen LogP contribution in [0.3, 0.4) is 0 Å². The van der Waals surface area contributed by atoms with Crippen LogP contribution in [-0.4, -0.2) is 4.92 Å². The lowest BCUT2D eigenvalue weighted by Crippen LogP contribution is -1.95. The third-order valence-electron chi connectivity index (χ3n) is 1.99. The highest BCUT2D eigenvalue weighted by molar-refractivity contribution is 5.47. The van der Waals surface area contributed by atoms with Crippen molar-refractivity contribution in [2.24, 2.45) is 0 Å². The molecule has 0 saturated carbocycles. The Morgan fingerprint density at radius 3 is 2.57 bits per heavy atom. The topological polar surface area (TPSA) is 66.9 Å². The average molecular weight is 190 g/mol. The quantitative estimate of drug-likeness (QED) is 0.531. The van der Waals surface area contributed by atoms with Gasteiger partial charge in [-0.1, -0.05) is 19.9 Å². The van der Waals surface area contributed by atoms with Crippen molar-refractivity contribution in [2.45, 2.75) is 19.8 Å². The van der Waals surface area contributed by atoms with Gasteiger partial charge in [-0.2, -0.15) is 5.26 Å². The Bertz CT molecular complexity index is 405. The predicted molar refractivity (Wildman–Crippen MR) is 51.9 cm³/mol. The highest BCUT2D eigenvalue weighted by atomic mass is 16.6. The molecule has 0 aliphatic carbocycles. The van der Waals surface area contributed by atoms with Gasteiger partial charge in [0.15, 0.2) is 0 Å². The largest absolute Gasteiger partial charge is 0.270 e. The Labute approximate surface area is 81.9 Å². The first kappa shape index (κ1) is 10.2. The molecule has 0 heterocycles. The van der Waals surface area contributed by atoms with E-state index in [1.807, 2.05) is 19.9 Å². The van der Waals surface area contributed by atoms with Crippen LogP contribution in [0.15, 0.2) is 18.2 Å². The molecule has 14 heavy (non-hydrogen) atoms. The lowest BCUT2D eigenvalue weighted by Gasteiger charge is -2.06. The molecule has 4 heteroatoms. The van der Waals surface area contributed by atoms with Crippen LogP contribution in [0.2, 0.25) is 0 Å². The Morgan fingerprint density at radius 2 is 2.14 bits per heavy atom. The summed E-state index contributed by atoms with van der Waals surface area (Å²) in [5.41, 5.74) is 1.19. The van der Waals surface area contributed by atoms with Crippen LogP contribution < -0.4 is 0 Å². The number of nitrogens with zero attached hydrogens (tertiary/aromatic N) is 2. The molecule has 0 fully saturated rings. The van der Waals surface area contributed by atoms with Crippen LogP contribution in [-0.2, 0) is 0 Å². The summed E-state index contributed by atoms with van der Waals surface area (Å²) in [6, 6.07) is 6.35. The molecular weight excluding hydrogens is 180 g/mol. The second-order valence-electron chi connectivity index (χ2n) is 3.30. The third kappa shape index (κ3) is 1.88. The normalized spacial score (nSPS) is 9.86. The number of nitro benzene ring substituents is 1. The maximum Gasteiger partial charge on any atom is 0.270 e. The number of non-ortho nitro benzene ring substituents is 1. The highest BCUT2D eigenvalue weighted by Gasteiger charge is 2.12. The molecule has 0 atom stereocenters. The first-order chi connectivity index (χ1) is 6.56. The van der Waals surface area contributed by atoms with Gasteiger partial charge in [0.25, 0.3) is 5.69 Å². The first-order valence-corrected chi connectivity index (χ1v) is 4.24. The van der Waals surface area contributed by atoms with E-state index < -0.39 is 4.92 Å². The standard InChI is InChI=1S/C10H10N2O2/c1-7(2)10-4-3-9(12(13)14)5-8(10)6-11/h3-5,7H,1-2H3. The molecule has 0 unspecified atom stereocenters. The Morgan fingerprint density at radius 1 is 1.50 bits per heavy atom. The smallest absolute Gasteiger partial charge is 0.258 e. The van der Waals surface area contributed by atoms with Gasteiger partial charge in [0, 0.05) is 12.1 Å². The van der Waals surface area contributed by atoms with E-state index in [2.05, 4.69) is 0 Å². The summed E-state index contributed by atoms with van der Waals surface area (Å²) in [5, 5.41) is 19.2. The second kappa shape index (κ2) is 3.88. The zero-order chi connectivity index (χ0) is 10.7. The van der Waals surface area contributed by atoms with Crippen molar-refractivity contribution in [3.8, 4) is 6.07 Å². The fraction of sp³-hybridized carbons (Fsp3) is 0.300. The highest BCUT2D eigenvalue weighted by Crippen LogP contribution is 2.23. The monoisotopic (exact) mass is 190 g/mol. The molecule has 1 aromatic carbocycles. The molecule has 0 N–H and O–H groups in total. The summed E-state index contributed by atoms with van der Waals surface area (Å²) in [6.45, 7) is 3.89. The Hall–Kier alpha value is -1.89. The minimum Gasteiger partial charge on any atom is -0.258 e. The van der Waals surface area contributed by atoms with Crippen molar-refractivity contribution in [1.82, 2.24) is 0 Å². The van der Waals surface area contributed by atoms with Crippen molar-refractivity contribution in [2.75, 3.05) is 0 Å². The van der Waals surface area contributed by atoms with E-state index in [-0.39, 0.29) is 11.6 Å². The van der Waals surface area contributed by atoms with Crippen LogP contribution in [0.25, 0.3) is 0 Å². The van der Waals surface area contributed by atoms with E-state index in [0.29, 0.717) is 5.56 Å². The van der Waals surface area contributed by atoms with Crippen molar-refractivity contribution in [1.29, 1.82) is 5.26 Å². The molecule has 0 amide bonds. The van der Waals surface area contributed by atoms with Crippen LogP contribution in [0, 0.1) is 21.4 Å². The van der Waals surface area contributed by atoms with Crippen molar-refractivity contribution in [3.63, 3.8) is 0 Å². The SMILES string of the molecule is CC(C)c1ccc([N+](=O)[O-])cc1C#N. The van der Waals surface area contributed by atoms with E-state index in [9.17, 15) is 10.1 Å². The molecule has 0 aliphatic rings. The summed E-state index contributed by atoms with van der Waals surface area (Å²) < 4.78 is 0. The van der Waals surface area contributed by atoms with Crippen LogP contribution >= 0.6 is 0 Å². The van der Waals surface area contributed by atoms with Crippen molar-refractivity contribution >= 4 is 5.69 Å². The average Bonchev–Trinajstić information content (AvgIpc) is 2.16. The van der Waals surface area contributed by atoms with Crippen molar-refractivity contribution < 1.29 is 4.92 Å². The number of hydrogen-bond donors (Lipinski definition) is 0. The fourth-order valence-electron chi connectivity index (χ4n) is 1.26. The molecule has 1 aromatic rings. The fourth-order valence-corrected chi connectivity index (χ4v) is 1.26. The molecule has 0 saturated heterocycles. The molecule has 1 rings (SSSR count). The van der Waals surface area contributed by atoms with Gasteiger partial charge in [0.1, 0.15) is 0 Å². The van der Waals surface area contributed by atoms with Gasteiger partial charge in [-0.05, 0) is 11.5 Å². The zero-order valence-electron chi connectivity index (χ0n) is 8.02. The van der Waals surface area contributed by atoms with Gasteiger partial charge >= 0.3 is 0 Å². The van der Waals surface area contributed by atoms with Gasteiger partial charge in [-0.25, -0.2) is 0 Å². The van der Waals surface area contributed by atoms with Crippen LogP contribution in [0.5, 0.6) is 0 Å². The summed E-state index contributed by atoms with van der Waals surface area (Å²) >= 11 is 0. The van der Waals surface area contributed by atoms with E-state index in [1.165, 1.54) is 12.1 Å². The van der Waals surface area contributed by atoms with E-state index in [4.69, 9.17) is 5.26 Å². The van der Waals surface area contributed by atoms with Gasteiger partial charge in [0.05, 0.1) is 16.6 Å². The van der Waals surface area contributed by atoms with Crippen molar-refractivity contribution in [3.05, 3.63) is 39.4 Å². The van der Waals surface area contributed by atoms with E-state index in [0.717, 1.165) is 5.56 Å². The molecule has 0 bridgehead atoms. The van der Waals surface area contributed by atoms with E-state index >= 15 is 0 Å². The molecule has 0 aliphatic heterocycles. The lowest BCUT2D eigenvalue weighted by molar-refractivity contribution is -0.384. The maximum atomic E-state index is 10.4. The first-order valence-electron chi connectivity index (χ1n) is 4.24. The summed E-state index contributed by atoms with van der Waals surface area (Å²) in [5.74, 6) is 0.199. The van der Waals surface area contributed by atoms with Gasteiger partial charge in [0.2, 0.25) is 0 Å². The molecule has 72 valence electrons. The van der Waals surface area contributed by atoms with Gasteiger partial charge < -0.3 is 0 Å². The number of nitro groups is 1. The molecule has 0 aromatic heterocycles. The minimum atomic E-state index is -0.495. The Balaban J connectivity index is 3.27. The minimum absolute atomic E-state index is 0.0362. The summed E-state index contributed by atoms with van der Waals surface area (Å²) in [4.78, 5) is 9.95. The number of benzene rings is 1. The molecule has 4 nitrogen and oxygen atoms in total. The zero-order valence-corrected chi connectivity index (χ0v) is 8.02. The second-order valence-corrected chi connectivity index (χ2v) is 3.30. The van der Waals surface area contributed by atoms with Crippen LogP contribution in [0.4, 0.5) is 5.69 Å². The number of rotatable bonds is 2.